The molecule has 2 aromatic rings. The molecule has 1 spiro atoms. The fourth-order valence-electron chi connectivity index (χ4n) is 3.83. The molecule has 4 heterocycles. The molecule has 130 valence electrons. The molecule has 2 aliphatic heterocycles. The fourth-order valence-corrected chi connectivity index (χ4v) is 3.83. The largest absolute Gasteiger partial charge is 0.361 e. The molecule has 0 bridgehead atoms. The number of hydrogen-bond acceptors (Lipinski definition) is 5. The van der Waals surface area contributed by atoms with Gasteiger partial charge in [0.25, 0.3) is 5.91 Å². The van der Waals surface area contributed by atoms with Crippen LogP contribution in [0.15, 0.2) is 35.1 Å². The summed E-state index contributed by atoms with van der Waals surface area (Å²) >= 11 is 0. The third kappa shape index (κ3) is 2.90. The summed E-state index contributed by atoms with van der Waals surface area (Å²) in [5.74, 6) is 0.410. The minimum absolute atomic E-state index is 0.0555. The Morgan fingerprint density at radius 1 is 1.40 bits per heavy atom. The lowest BCUT2D eigenvalue weighted by Gasteiger charge is -2.39. The van der Waals surface area contributed by atoms with Crippen molar-refractivity contribution in [2.24, 2.45) is 0 Å². The number of nitrogens with one attached hydrogen (secondary N) is 1. The van der Waals surface area contributed by atoms with Gasteiger partial charge in [0.05, 0.1) is 5.92 Å². The molecular weight excluding hydrogens is 320 g/mol. The smallest absolute Gasteiger partial charge is 0.276 e. The second-order valence-electron chi connectivity index (χ2n) is 6.93. The summed E-state index contributed by atoms with van der Waals surface area (Å²) in [6, 6.07) is 5.46. The first kappa shape index (κ1) is 15.8. The summed E-state index contributed by atoms with van der Waals surface area (Å²) in [6.45, 7) is 2.97. The minimum Gasteiger partial charge on any atom is -0.361 e. The van der Waals surface area contributed by atoms with Crippen molar-refractivity contribution in [2.45, 2.75) is 37.6 Å². The molecule has 7 nitrogen and oxygen atoms in total. The van der Waals surface area contributed by atoms with Gasteiger partial charge in [-0.3, -0.25) is 14.6 Å². The first-order valence-electron chi connectivity index (χ1n) is 8.51. The van der Waals surface area contributed by atoms with Crippen molar-refractivity contribution in [2.75, 3.05) is 13.1 Å². The molecular formula is C18H20N4O3. The van der Waals surface area contributed by atoms with Crippen molar-refractivity contribution in [1.29, 1.82) is 0 Å². The molecule has 1 atom stereocenters. The number of piperidine rings is 1. The van der Waals surface area contributed by atoms with E-state index in [0.717, 1.165) is 24.8 Å². The van der Waals surface area contributed by atoms with Crippen LogP contribution in [-0.2, 0) is 4.79 Å². The highest BCUT2D eigenvalue weighted by atomic mass is 16.5. The predicted octanol–water partition coefficient (Wildman–Crippen LogP) is 1.66. The van der Waals surface area contributed by atoms with E-state index in [4.69, 9.17) is 4.52 Å². The Bertz CT molecular complexity index is 794. The molecule has 2 saturated heterocycles. The van der Waals surface area contributed by atoms with Gasteiger partial charge in [-0.2, -0.15) is 0 Å². The van der Waals surface area contributed by atoms with Gasteiger partial charge < -0.3 is 14.7 Å². The van der Waals surface area contributed by atoms with Gasteiger partial charge in [0.15, 0.2) is 5.69 Å². The highest BCUT2D eigenvalue weighted by Gasteiger charge is 2.46. The number of pyridine rings is 1. The topological polar surface area (TPSA) is 88.3 Å². The molecule has 0 aliphatic carbocycles. The first-order valence-corrected chi connectivity index (χ1v) is 8.51. The van der Waals surface area contributed by atoms with E-state index in [9.17, 15) is 9.59 Å². The second kappa shape index (κ2) is 5.98. The normalized spacial score (nSPS) is 22.2. The Morgan fingerprint density at radius 3 is 2.84 bits per heavy atom. The Hall–Kier alpha value is -2.70. The quantitative estimate of drug-likeness (QED) is 0.898. The number of likely N-dealkylation sites (tertiary alicyclic amines) is 1. The number of carbonyl (C=O) groups is 2. The summed E-state index contributed by atoms with van der Waals surface area (Å²) < 4.78 is 4.99. The van der Waals surface area contributed by atoms with Crippen LogP contribution in [0.2, 0.25) is 0 Å². The standard InChI is InChI=1S/C18H20N4O3/c1-12-9-15(21-25-12)17(24)22-7-4-18(5-8-22)10-14(16(23)20-18)13-3-2-6-19-11-13/h2-3,6,9,11,14H,4-5,7-8,10H2,1H3,(H,20,23)/t14-/m1/s1. The van der Waals surface area contributed by atoms with Crippen LogP contribution in [0, 0.1) is 6.92 Å². The zero-order valence-electron chi connectivity index (χ0n) is 14.1. The highest BCUT2D eigenvalue weighted by Crippen LogP contribution is 2.39. The van der Waals surface area contributed by atoms with Crippen LogP contribution in [-0.4, -0.2) is 45.5 Å². The number of amides is 2. The maximum absolute atomic E-state index is 12.5. The fraction of sp³-hybridized carbons (Fsp3) is 0.444. The summed E-state index contributed by atoms with van der Waals surface area (Å²) in [5.41, 5.74) is 1.07. The molecule has 0 aromatic carbocycles. The number of nitrogens with zero attached hydrogens (tertiary/aromatic N) is 3. The second-order valence-corrected chi connectivity index (χ2v) is 6.93. The number of aryl methyl sites for hydroxylation is 1. The molecule has 0 unspecified atom stereocenters. The lowest BCUT2D eigenvalue weighted by Crippen LogP contribution is -2.52. The maximum atomic E-state index is 12.5. The average molecular weight is 340 g/mol. The van der Waals surface area contributed by atoms with Crippen molar-refractivity contribution in [3.8, 4) is 0 Å². The van der Waals surface area contributed by atoms with Crippen molar-refractivity contribution in [3.05, 3.63) is 47.6 Å². The molecule has 4 rings (SSSR count). The number of rotatable bonds is 2. The van der Waals surface area contributed by atoms with Gasteiger partial charge >= 0.3 is 0 Å². The van der Waals surface area contributed by atoms with Crippen molar-refractivity contribution >= 4 is 11.8 Å². The monoisotopic (exact) mass is 340 g/mol. The molecule has 0 radical (unpaired) electrons. The Balaban J connectivity index is 1.43. The number of hydrogen-bond donors (Lipinski definition) is 1. The van der Waals surface area contributed by atoms with Gasteiger partial charge in [-0.15, -0.1) is 0 Å². The minimum atomic E-state index is -0.228. The SMILES string of the molecule is Cc1cc(C(=O)N2CCC3(CC2)C[C@H](c2cccnc2)C(=O)N3)no1. The Kier molecular flexibility index (Phi) is 3.78. The molecule has 7 heteroatoms. The van der Waals surface area contributed by atoms with Crippen LogP contribution >= 0.6 is 0 Å². The third-order valence-corrected chi connectivity index (χ3v) is 5.24. The van der Waals surface area contributed by atoms with Crippen LogP contribution in [0.4, 0.5) is 0 Å². The lowest BCUT2D eigenvalue weighted by molar-refractivity contribution is -0.121. The molecule has 2 aromatic heterocycles. The van der Waals surface area contributed by atoms with E-state index in [-0.39, 0.29) is 23.3 Å². The summed E-state index contributed by atoms with van der Waals surface area (Å²) in [6.07, 6.45) is 5.72. The predicted molar refractivity (Wildman–Crippen MR) is 88.8 cm³/mol. The summed E-state index contributed by atoms with van der Waals surface area (Å²) in [4.78, 5) is 30.8. The summed E-state index contributed by atoms with van der Waals surface area (Å²) in [7, 11) is 0. The molecule has 1 N–H and O–H groups in total. The number of carbonyl (C=O) groups excluding carboxylic acids is 2. The van der Waals surface area contributed by atoms with Gasteiger partial charge in [0, 0.05) is 37.1 Å². The molecule has 2 amide bonds. The van der Waals surface area contributed by atoms with Crippen molar-refractivity contribution in [3.63, 3.8) is 0 Å². The van der Waals surface area contributed by atoms with Crippen LogP contribution in [0.3, 0.4) is 0 Å². The van der Waals surface area contributed by atoms with Crippen LogP contribution in [0.5, 0.6) is 0 Å². The van der Waals surface area contributed by atoms with E-state index in [1.807, 2.05) is 12.1 Å². The Labute approximate surface area is 145 Å². The third-order valence-electron chi connectivity index (χ3n) is 5.24. The molecule has 25 heavy (non-hydrogen) atoms. The number of aromatic nitrogens is 2. The van der Waals surface area contributed by atoms with Gasteiger partial charge in [0.2, 0.25) is 5.91 Å². The Morgan fingerprint density at radius 2 is 2.20 bits per heavy atom. The average Bonchev–Trinajstić information content (AvgIpc) is 3.20. The van der Waals surface area contributed by atoms with Crippen LogP contribution in [0.1, 0.15) is 47.0 Å². The van der Waals surface area contributed by atoms with E-state index < -0.39 is 0 Å². The van der Waals surface area contributed by atoms with E-state index in [0.29, 0.717) is 24.5 Å². The van der Waals surface area contributed by atoms with Gasteiger partial charge in [-0.1, -0.05) is 11.2 Å². The van der Waals surface area contributed by atoms with Crippen molar-refractivity contribution in [1.82, 2.24) is 20.4 Å². The lowest BCUT2D eigenvalue weighted by atomic mass is 9.82. The van der Waals surface area contributed by atoms with Gasteiger partial charge in [-0.05, 0) is 37.8 Å². The van der Waals surface area contributed by atoms with Crippen LogP contribution in [0.25, 0.3) is 0 Å². The van der Waals surface area contributed by atoms with E-state index >= 15 is 0 Å². The van der Waals surface area contributed by atoms with Gasteiger partial charge in [0.1, 0.15) is 5.76 Å². The maximum Gasteiger partial charge on any atom is 0.276 e. The molecule has 0 saturated carbocycles. The highest BCUT2D eigenvalue weighted by molar-refractivity contribution is 5.92. The molecule has 2 aliphatic rings. The first-order chi connectivity index (χ1) is 12.1. The van der Waals surface area contributed by atoms with E-state index in [2.05, 4.69) is 15.5 Å². The molecule has 2 fully saturated rings. The van der Waals surface area contributed by atoms with Gasteiger partial charge in [-0.25, -0.2) is 0 Å². The summed E-state index contributed by atoms with van der Waals surface area (Å²) in [5, 5.41) is 6.98. The zero-order chi connectivity index (χ0) is 17.4. The van der Waals surface area contributed by atoms with E-state index in [1.54, 1.807) is 30.3 Å². The van der Waals surface area contributed by atoms with Crippen LogP contribution < -0.4 is 5.32 Å². The van der Waals surface area contributed by atoms with Crippen molar-refractivity contribution < 1.29 is 14.1 Å². The zero-order valence-corrected chi connectivity index (χ0v) is 14.1. The van der Waals surface area contributed by atoms with E-state index in [1.165, 1.54) is 0 Å².